The molecular formula is C25H26N2O7S. The predicted molar refractivity (Wildman–Crippen MR) is 129 cm³/mol. The lowest BCUT2D eigenvalue weighted by Crippen LogP contribution is -2.36. The monoisotopic (exact) mass is 498 g/mol. The zero-order valence-electron chi connectivity index (χ0n) is 19.6. The molecule has 2 aliphatic rings. The normalized spacial score (nSPS) is 19.8. The van der Waals surface area contributed by atoms with E-state index in [4.69, 9.17) is 9.47 Å². The maximum Gasteiger partial charge on any atom is 0.336 e. The zero-order valence-corrected chi connectivity index (χ0v) is 20.4. The van der Waals surface area contributed by atoms with Crippen LogP contribution in [-0.2, 0) is 14.3 Å². The Kier molecular flexibility index (Phi) is 6.93. The number of esters is 1. The van der Waals surface area contributed by atoms with Crippen LogP contribution in [0.3, 0.4) is 0 Å². The fourth-order valence-electron chi connectivity index (χ4n) is 4.76. The highest BCUT2D eigenvalue weighted by Crippen LogP contribution is 2.49. The lowest BCUT2D eigenvalue weighted by Gasteiger charge is -2.36. The molecule has 0 bridgehead atoms. The number of ether oxygens (including phenoxy) is 2. The molecular weight excluding hydrogens is 472 g/mol. The SMILES string of the molecule is CCOC(=O)C1=C(C)NC2=C(C(=O)C[C@@H](c3cccs3)C2)[C@@H]1c1cc(OCC)c(O)c([N+](=O)[O-])c1. The van der Waals surface area contributed by atoms with E-state index < -0.39 is 28.2 Å². The number of carbonyl (C=O) groups excluding carboxylic acids is 2. The van der Waals surface area contributed by atoms with Crippen molar-refractivity contribution in [1.29, 1.82) is 0 Å². The summed E-state index contributed by atoms with van der Waals surface area (Å²) in [4.78, 5) is 38.7. The number of phenols is 1. The van der Waals surface area contributed by atoms with Crippen molar-refractivity contribution in [3.63, 3.8) is 0 Å². The number of aromatic hydroxyl groups is 1. The number of Topliss-reactive ketones (excluding diaryl/α,β-unsaturated/α-hetero) is 1. The molecule has 1 aliphatic carbocycles. The molecule has 4 rings (SSSR count). The van der Waals surface area contributed by atoms with E-state index in [1.165, 1.54) is 12.1 Å². The Hall–Kier alpha value is -3.66. The van der Waals surface area contributed by atoms with Gasteiger partial charge in [0.1, 0.15) is 0 Å². The second kappa shape index (κ2) is 9.91. The van der Waals surface area contributed by atoms with Crippen LogP contribution in [0.25, 0.3) is 0 Å². The topological polar surface area (TPSA) is 128 Å². The van der Waals surface area contributed by atoms with E-state index in [2.05, 4.69) is 5.32 Å². The lowest BCUT2D eigenvalue weighted by atomic mass is 9.72. The molecule has 0 saturated heterocycles. The molecule has 1 aromatic heterocycles. The number of ketones is 1. The minimum absolute atomic E-state index is 0.000479. The Morgan fingerprint density at radius 1 is 1.29 bits per heavy atom. The Bertz CT molecular complexity index is 1250. The number of nitro groups is 1. The summed E-state index contributed by atoms with van der Waals surface area (Å²) in [6, 6.07) is 6.60. The zero-order chi connectivity index (χ0) is 25.3. The highest BCUT2D eigenvalue weighted by atomic mass is 32.1. The number of thiophene rings is 1. The standard InChI is InChI=1S/C25H26N2O7S/c1-4-33-19-12-15(10-17(24(19)29)27(31)32)22-21(25(30)34-5-2)13(3)26-16-9-14(11-18(28)23(16)22)20-7-6-8-35-20/h6-8,10,12,14,22,26,29H,4-5,9,11H2,1-3H3/t14-,22+/m0/s1. The van der Waals surface area contributed by atoms with Crippen LogP contribution in [-0.4, -0.2) is 35.0 Å². The van der Waals surface area contributed by atoms with Crippen molar-refractivity contribution in [1.82, 2.24) is 5.32 Å². The number of carbonyl (C=O) groups is 2. The quantitative estimate of drug-likeness (QED) is 0.320. The van der Waals surface area contributed by atoms with Gasteiger partial charge in [-0.2, -0.15) is 0 Å². The van der Waals surface area contributed by atoms with Crippen LogP contribution in [0.15, 0.2) is 52.2 Å². The number of nitrogens with zero attached hydrogens (tertiary/aromatic N) is 1. The highest BCUT2D eigenvalue weighted by Gasteiger charge is 2.42. The Morgan fingerprint density at radius 3 is 2.69 bits per heavy atom. The minimum Gasteiger partial charge on any atom is -0.500 e. The summed E-state index contributed by atoms with van der Waals surface area (Å²) < 4.78 is 10.8. The van der Waals surface area contributed by atoms with Gasteiger partial charge in [0.2, 0.25) is 5.75 Å². The largest absolute Gasteiger partial charge is 0.500 e. The van der Waals surface area contributed by atoms with Crippen molar-refractivity contribution in [3.8, 4) is 11.5 Å². The maximum absolute atomic E-state index is 13.6. The minimum atomic E-state index is -0.902. The molecule has 2 N–H and O–H groups in total. The first-order chi connectivity index (χ1) is 16.8. The van der Waals surface area contributed by atoms with E-state index in [0.29, 0.717) is 29.0 Å². The summed E-state index contributed by atoms with van der Waals surface area (Å²) in [5, 5.41) is 27.3. The number of nitrogens with one attached hydrogen (secondary N) is 1. The summed E-state index contributed by atoms with van der Waals surface area (Å²) in [5.41, 5.74) is 1.53. The first-order valence-corrected chi connectivity index (χ1v) is 12.2. The summed E-state index contributed by atoms with van der Waals surface area (Å²) in [5.74, 6) is -2.35. The van der Waals surface area contributed by atoms with Gasteiger partial charge >= 0.3 is 11.7 Å². The third kappa shape index (κ3) is 4.53. The number of hydrogen-bond donors (Lipinski definition) is 2. The molecule has 2 heterocycles. The van der Waals surface area contributed by atoms with Crippen LogP contribution in [0, 0.1) is 10.1 Å². The molecule has 0 unspecified atom stereocenters. The Balaban J connectivity index is 1.91. The number of allylic oxidation sites excluding steroid dienone is 3. The third-order valence-electron chi connectivity index (χ3n) is 6.18. The lowest BCUT2D eigenvalue weighted by molar-refractivity contribution is -0.386. The molecule has 0 radical (unpaired) electrons. The highest BCUT2D eigenvalue weighted by molar-refractivity contribution is 7.10. The molecule has 35 heavy (non-hydrogen) atoms. The Morgan fingerprint density at radius 2 is 2.06 bits per heavy atom. The third-order valence-corrected chi connectivity index (χ3v) is 7.21. The number of dihydropyridines is 1. The number of phenolic OH excluding ortho intramolecular Hbond substituents is 1. The average molecular weight is 499 g/mol. The van der Waals surface area contributed by atoms with Crippen LogP contribution >= 0.6 is 11.3 Å². The van der Waals surface area contributed by atoms with Crippen molar-refractivity contribution in [2.45, 2.75) is 45.4 Å². The van der Waals surface area contributed by atoms with Crippen molar-refractivity contribution in [3.05, 3.63) is 72.7 Å². The van der Waals surface area contributed by atoms with E-state index in [1.807, 2.05) is 17.5 Å². The van der Waals surface area contributed by atoms with Gasteiger partial charge in [0, 0.05) is 46.2 Å². The molecule has 1 aliphatic heterocycles. The van der Waals surface area contributed by atoms with Crippen LogP contribution < -0.4 is 10.1 Å². The Labute approximate surface area is 206 Å². The second-order valence-electron chi connectivity index (χ2n) is 8.33. The molecule has 1 aromatic carbocycles. The molecule has 184 valence electrons. The predicted octanol–water partition coefficient (Wildman–Crippen LogP) is 4.69. The average Bonchev–Trinajstić information content (AvgIpc) is 3.34. The fraction of sp³-hybridized carbons (Fsp3) is 0.360. The van der Waals surface area contributed by atoms with Crippen LogP contribution in [0.1, 0.15) is 55.9 Å². The van der Waals surface area contributed by atoms with Crippen LogP contribution in [0.4, 0.5) is 5.69 Å². The van der Waals surface area contributed by atoms with Gasteiger partial charge in [-0.25, -0.2) is 4.79 Å². The summed E-state index contributed by atoms with van der Waals surface area (Å²) >= 11 is 1.59. The van der Waals surface area contributed by atoms with Crippen molar-refractivity contribution in [2.75, 3.05) is 13.2 Å². The van der Waals surface area contributed by atoms with E-state index >= 15 is 0 Å². The van der Waals surface area contributed by atoms with E-state index in [-0.39, 0.29) is 42.7 Å². The van der Waals surface area contributed by atoms with Crippen molar-refractivity contribution < 1.29 is 29.1 Å². The summed E-state index contributed by atoms with van der Waals surface area (Å²) in [6.07, 6.45) is 0.815. The van der Waals surface area contributed by atoms with Crippen molar-refractivity contribution in [2.24, 2.45) is 0 Å². The van der Waals surface area contributed by atoms with Gasteiger partial charge in [-0.15, -0.1) is 11.3 Å². The fourth-order valence-corrected chi connectivity index (χ4v) is 5.59. The van der Waals surface area contributed by atoms with Crippen molar-refractivity contribution >= 4 is 28.8 Å². The van der Waals surface area contributed by atoms with Gasteiger partial charge in [-0.1, -0.05) is 6.07 Å². The molecule has 0 spiro atoms. The number of hydrogen-bond acceptors (Lipinski definition) is 9. The molecule has 2 aromatic rings. The number of benzene rings is 1. The number of nitro benzene ring substituents is 1. The van der Waals surface area contributed by atoms with Gasteiger partial charge in [0.05, 0.1) is 23.7 Å². The van der Waals surface area contributed by atoms with E-state index in [9.17, 15) is 24.8 Å². The van der Waals surface area contributed by atoms with Gasteiger partial charge in [-0.05, 0) is 50.3 Å². The molecule has 9 nitrogen and oxygen atoms in total. The first-order valence-electron chi connectivity index (χ1n) is 11.3. The molecule has 0 fully saturated rings. The summed E-state index contributed by atoms with van der Waals surface area (Å²) in [6.45, 7) is 5.38. The first kappa shape index (κ1) is 24.5. The van der Waals surface area contributed by atoms with Gasteiger partial charge in [0.15, 0.2) is 11.5 Å². The van der Waals surface area contributed by atoms with Crippen LogP contribution in [0.2, 0.25) is 0 Å². The summed E-state index contributed by atoms with van der Waals surface area (Å²) in [7, 11) is 0. The van der Waals surface area contributed by atoms with E-state index in [0.717, 1.165) is 4.88 Å². The van der Waals surface area contributed by atoms with Gasteiger partial charge in [0.25, 0.3) is 0 Å². The molecule has 10 heteroatoms. The maximum atomic E-state index is 13.6. The van der Waals surface area contributed by atoms with E-state index in [1.54, 1.807) is 32.1 Å². The molecule has 2 atom stereocenters. The number of rotatable bonds is 7. The smallest absolute Gasteiger partial charge is 0.336 e. The molecule has 0 saturated carbocycles. The molecule has 0 amide bonds. The van der Waals surface area contributed by atoms with Gasteiger partial charge in [-0.3, -0.25) is 14.9 Å². The van der Waals surface area contributed by atoms with Crippen LogP contribution in [0.5, 0.6) is 11.5 Å². The second-order valence-corrected chi connectivity index (χ2v) is 9.31. The van der Waals surface area contributed by atoms with Gasteiger partial charge < -0.3 is 19.9 Å².